The van der Waals surface area contributed by atoms with Gasteiger partial charge in [-0.15, -0.1) is 0 Å². The van der Waals surface area contributed by atoms with Crippen molar-refractivity contribution in [3.63, 3.8) is 0 Å². The molecule has 4 rings (SSSR count). The molecule has 3 N–H and O–H groups in total. The quantitative estimate of drug-likeness (QED) is 0.296. The van der Waals surface area contributed by atoms with Crippen molar-refractivity contribution in [1.29, 1.82) is 0 Å². The van der Waals surface area contributed by atoms with Crippen molar-refractivity contribution < 1.29 is 23.9 Å². The predicted molar refractivity (Wildman–Crippen MR) is 178 cm³/mol. The summed E-state index contributed by atoms with van der Waals surface area (Å²) in [5.41, 5.74) is 1.88. The summed E-state index contributed by atoms with van der Waals surface area (Å²) in [6.07, 6.45) is 3.01. The topological polar surface area (TPSA) is 148 Å². The summed E-state index contributed by atoms with van der Waals surface area (Å²) in [5, 5.41) is 13.9. The highest BCUT2D eigenvalue weighted by Gasteiger charge is 2.30. The van der Waals surface area contributed by atoms with Gasteiger partial charge in [0, 0.05) is 36.3 Å². The SMILES string of the molecule is COC(=O)CNc1cccc(C(=O)N2CCCC(=O)N[C@@H](CCSC)C(=O)N[C@H](C(C)C)c3nc(-c4ccccc4)nn3CC2)c1. The Morgan fingerprint density at radius 3 is 2.57 bits per heavy atom. The number of nitrogens with zero attached hydrogens (tertiary/aromatic N) is 4. The van der Waals surface area contributed by atoms with E-state index in [1.54, 1.807) is 45.6 Å². The van der Waals surface area contributed by atoms with Crippen molar-refractivity contribution in [1.82, 2.24) is 30.3 Å². The normalized spacial score (nSPS) is 17.8. The fourth-order valence-electron chi connectivity index (χ4n) is 5.16. The number of hydrogen-bond donors (Lipinski definition) is 3. The van der Waals surface area contributed by atoms with Gasteiger partial charge < -0.3 is 25.6 Å². The molecule has 0 aliphatic carbocycles. The van der Waals surface area contributed by atoms with Crippen LogP contribution in [0.2, 0.25) is 0 Å². The molecule has 2 heterocycles. The zero-order chi connectivity index (χ0) is 33.1. The number of hydrogen-bond acceptors (Lipinski definition) is 9. The van der Waals surface area contributed by atoms with E-state index >= 15 is 0 Å². The number of amides is 3. The Morgan fingerprint density at radius 2 is 1.85 bits per heavy atom. The van der Waals surface area contributed by atoms with Crippen molar-refractivity contribution in [2.24, 2.45) is 5.92 Å². The average Bonchev–Trinajstić information content (AvgIpc) is 3.49. The van der Waals surface area contributed by atoms with Crippen LogP contribution in [-0.4, -0.2) is 88.1 Å². The van der Waals surface area contributed by atoms with Crippen LogP contribution >= 0.6 is 11.8 Å². The Kier molecular flexibility index (Phi) is 12.6. The second-order valence-electron chi connectivity index (χ2n) is 11.4. The number of carbonyl (C=O) groups is 4. The number of methoxy groups -OCH3 is 1. The van der Waals surface area contributed by atoms with Crippen LogP contribution < -0.4 is 16.0 Å². The van der Waals surface area contributed by atoms with Gasteiger partial charge in [-0.3, -0.25) is 19.2 Å². The molecule has 1 aliphatic heterocycles. The van der Waals surface area contributed by atoms with Gasteiger partial charge in [0.25, 0.3) is 5.91 Å². The Morgan fingerprint density at radius 1 is 1.07 bits per heavy atom. The zero-order valence-electron chi connectivity index (χ0n) is 26.8. The minimum absolute atomic E-state index is 0.0305. The van der Waals surface area contributed by atoms with Crippen LogP contribution in [0.3, 0.4) is 0 Å². The Bertz CT molecular complexity index is 1500. The fourth-order valence-corrected chi connectivity index (χ4v) is 5.64. The molecule has 3 amide bonds. The largest absolute Gasteiger partial charge is 0.468 e. The number of nitrogens with one attached hydrogen (secondary N) is 3. The number of aromatic nitrogens is 3. The van der Waals surface area contributed by atoms with Crippen molar-refractivity contribution in [3.05, 3.63) is 66.0 Å². The van der Waals surface area contributed by atoms with Gasteiger partial charge in [-0.1, -0.05) is 50.2 Å². The number of ether oxygens (including phenoxy) is 1. The molecule has 0 saturated carbocycles. The van der Waals surface area contributed by atoms with E-state index in [2.05, 4.69) is 16.0 Å². The third-order valence-corrected chi connectivity index (χ3v) is 8.36. The zero-order valence-corrected chi connectivity index (χ0v) is 27.6. The molecule has 12 nitrogen and oxygen atoms in total. The number of thioether (sulfide) groups is 1. The molecule has 46 heavy (non-hydrogen) atoms. The second kappa shape index (κ2) is 16.8. The summed E-state index contributed by atoms with van der Waals surface area (Å²) in [5.74, 6) is 0.625. The lowest BCUT2D eigenvalue weighted by Crippen LogP contribution is -2.49. The summed E-state index contributed by atoms with van der Waals surface area (Å²) in [6.45, 7) is 4.90. The van der Waals surface area contributed by atoms with Crippen molar-refractivity contribution in [2.45, 2.75) is 51.7 Å². The summed E-state index contributed by atoms with van der Waals surface area (Å²) in [4.78, 5) is 58.7. The van der Waals surface area contributed by atoms with Crippen LogP contribution in [0.1, 0.15) is 55.3 Å². The van der Waals surface area contributed by atoms with E-state index in [4.69, 9.17) is 14.8 Å². The molecule has 0 spiro atoms. The number of rotatable bonds is 9. The lowest BCUT2D eigenvalue weighted by molar-refractivity contribution is -0.138. The van der Waals surface area contributed by atoms with Crippen molar-refractivity contribution in [3.8, 4) is 11.4 Å². The smallest absolute Gasteiger partial charge is 0.325 e. The number of benzene rings is 2. The third-order valence-electron chi connectivity index (χ3n) is 7.71. The lowest BCUT2D eigenvalue weighted by atomic mass is 10.0. The molecule has 0 fully saturated rings. The van der Waals surface area contributed by atoms with Crippen LogP contribution in [-0.2, 0) is 25.7 Å². The van der Waals surface area contributed by atoms with Crippen molar-refractivity contribution >= 4 is 41.1 Å². The maximum Gasteiger partial charge on any atom is 0.325 e. The molecule has 2 aromatic carbocycles. The standard InChI is InChI=1S/C33H43N7O5S/c1-22(2)29-31-37-30(23-10-6-5-7-11-23)38-40(31)18-17-39(16-9-14-27(41)35-26(15-19-46-4)32(43)36-29)33(44)24-12-8-13-25(20-24)34-21-28(42)45-3/h5-8,10-13,20,22,26,29,34H,9,14-19,21H2,1-4H3,(H,35,41)(H,36,43)/t26-,29+/m0/s1. The van der Waals surface area contributed by atoms with E-state index in [0.29, 0.717) is 61.1 Å². The highest BCUT2D eigenvalue weighted by molar-refractivity contribution is 7.98. The van der Waals surface area contributed by atoms with E-state index in [-0.39, 0.29) is 36.6 Å². The number of fused-ring (bicyclic) bond motifs is 1. The molecule has 246 valence electrons. The van der Waals surface area contributed by atoms with E-state index in [9.17, 15) is 19.2 Å². The van der Waals surface area contributed by atoms with Crippen molar-refractivity contribution in [2.75, 3.05) is 44.1 Å². The van der Waals surface area contributed by atoms with Gasteiger partial charge in [-0.25, -0.2) is 9.67 Å². The van der Waals surface area contributed by atoms with Gasteiger partial charge in [0.1, 0.15) is 12.6 Å². The third kappa shape index (κ3) is 9.32. The minimum Gasteiger partial charge on any atom is -0.468 e. The molecule has 1 aromatic heterocycles. The lowest BCUT2D eigenvalue weighted by Gasteiger charge is -2.28. The molecule has 3 aromatic rings. The molecule has 0 bridgehead atoms. The first-order valence-corrected chi connectivity index (χ1v) is 16.9. The van der Waals surface area contributed by atoms with Crippen LogP contribution in [0.5, 0.6) is 0 Å². The Balaban J connectivity index is 1.69. The molecule has 13 heteroatoms. The highest BCUT2D eigenvalue weighted by Crippen LogP contribution is 2.25. The van der Waals surface area contributed by atoms with Gasteiger partial charge in [-0.2, -0.15) is 16.9 Å². The van der Waals surface area contributed by atoms with Gasteiger partial charge in [-0.05, 0) is 49.0 Å². The van der Waals surface area contributed by atoms with Gasteiger partial charge >= 0.3 is 5.97 Å². The monoisotopic (exact) mass is 649 g/mol. The first-order chi connectivity index (χ1) is 22.2. The van der Waals surface area contributed by atoms with E-state index in [1.165, 1.54) is 7.11 Å². The average molecular weight is 650 g/mol. The maximum absolute atomic E-state index is 13.9. The number of esters is 1. The molecule has 0 radical (unpaired) electrons. The highest BCUT2D eigenvalue weighted by atomic mass is 32.2. The Hall–Kier alpha value is -4.39. The summed E-state index contributed by atoms with van der Waals surface area (Å²) in [6, 6.07) is 15.4. The predicted octanol–water partition coefficient (Wildman–Crippen LogP) is 3.52. The van der Waals surface area contributed by atoms with Crippen LogP contribution in [0, 0.1) is 5.92 Å². The summed E-state index contributed by atoms with van der Waals surface area (Å²) < 4.78 is 6.48. The van der Waals surface area contributed by atoms with Crippen LogP contribution in [0.4, 0.5) is 5.69 Å². The molecule has 0 unspecified atom stereocenters. The second-order valence-corrected chi connectivity index (χ2v) is 12.4. The first-order valence-electron chi connectivity index (χ1n) is 15.5. The Labute approximate surface area is 274 Å². The molecule has 2 atom stereocenters. The minimum atomic E-state index is -0.702. The summed E-state index contributed by atoms with van der Waals surface area (Å²) in [7, 11) is 1.32. The van der Waals surface area contributed by atoms with E-state index in [1.807, 2.05) is 50.4 Å². The van der Waals surface area contributed by atoms with Gasteiger partial charge in [0.15, 0.2) is 11.6 Å². The van der Waals surface area contributed by atoms with E-state index < -0.39 is 18.1 Å². The molecule has 1 aliphatic rings. The molecular formula is C33H43N7O5S. The maximum atomic E-state index is 13.9. The summed E-state index contributed by atoms with van der Waals surface area (Å²) >= 11 is 1.61. The first kappa shape index (κ1) is 34.5. The fraction of sp³-hybridized carbons (Fsp3) is 0.455. The van der Waals surface area contributed by atoms with Crippen LogP contribution in [0.15, 0.2) is 54.6 Å². The molecule has 0 saturated heterocycles. The van der Waals surface area contributed by atoms with Gasteiger partial charge in [0.05, 0.1) is 19.7 Å². The van der Waals surface area contributed by atoms with Crippen LogP contribution in [0.25, 0.3) is 11.4 Å². The number of anilines is 1. The van der Waals surface area contributed by atoms with Gasteiger partial charge in [0.2, 0.25) is 11.8 Å². The molecular weight excluding hydrogens is 606 g/mol. The number of carbonyl (C=O) groups excluding carboxylic acids is 4. The van der Waals surface area contributed by atoms with E-state index in [0.717, 1.165) is 5.56 Å².